The molecular weight excluding hydrogens is 330 g/mol. The number of ether oxygens (including phenoxy) is 2. The Kier molecular flexibility index (Phi) is 9.88. The van der Waals surface area contributed by atoms with Gasteiger partial charge in [-0.1, -0.05) is 17.7 Å². The highest BCUT2D eigenvalue weighted by Gasteiger charge is 2.13. The number of rotatable bonds is 11. The molecule has 142 valence electrons. The molecule has 0 bridgehead atoms. The molecule has 1 rings (SSSR count). The number of nitrogens with one attached hydrogen (secondary N) is 2. The third-order valence-corrected chi connectivity index (χ3v) is 3.73. The van der Waals surface area contributed by atoms with Crippen molar-refractivity contribution in [3.63, 3.8) is 0 Å². The molecule has 1 unspecified atom stereocenters. The Morgan fingerprint density at radius 2 is 2.12 bits per heavy atom. The van der Waals surface area contributed by atoms with Gasteiger partial charge >= 0.3 is 0 Å². The molecule has 6 nitrogen and oxygen atoms in total. The Labute approximate surface area is 156 Å². The van der Waals surface area contributed by atoms with E-state index in [0.717, 1.165) is 16.9 Å². The minimum absolute atomic E-state index is 0.0406. The fourth-order valence-electron chi connectivity index (χ4n) is 2.36. The molecular formula is C20H29N3O3. The first-order valence-corrected chi connectivity index (χ1v) is 8.99. The molecule has 0 fully saturated rings. The van der Waals surface area contributed by atoms with Crippen LogP contribution in [0, 0.1) is 18.3 Å². The third kappa shape index (κ3) is 7.16. The van der Waals surface area contributed by atoms with Gasteiger partial charge in [0, 0.05) is 31.5 Å². The number of carbonyl (C=O) groups is 1. The Morgan fingerprint density at radius 3 is 2.77 bits per heavy atom. The van der Waals surface area contributed by atoms with Crippen molar-refractivity contribution >= 4 is 5.91 Å². The first-order valence-electron chi connectivity index (χ1n) is 8.99. The molecule has 1 aromatic carbocycles. The van der Waals surface area contributed by atoms with E-state index in [4.69, 9.17) is 9.47 Å². The lowest BCUT2D eigenvalue weighted by molar-refractivity contribution is -0.117. The fourth-order valence-corrected chi connectivity index (χ4v) is 2.36. The number of benzene rings is 1. The molecule has 1 atom stereocenters. The summed E-state index contributed by atoms with van der Waals surface area (Å²) in [6.07, 6.45) is 2.17. The summed E-state index contributed by atoms with van der Waals surface area (Å²) in [6.45, 7) is 10.1. The lowest BCUT2D eigenvalue weighted by atomic mass is 10.0. The van der Waals surface area contributed by atoms with Crippen molar-refractivity contribution < 1.29 is 14.3 Å². The van der Waals surface area contributed by atoms with E-state index < -0.39 is 5.91 Å². The van der Waals surface area contributed by atoms with E-state index >= 15 is 0 Å². The van der Waals surface area contributed by atoms with Gasteiger partial charge in [0.1, 0.15) is 17.4 Å². The van der Waals surface area contributed by atoms with Gasteiger partial charge in [0.2, 0.25) is 0 Å². The molecule has 0 spiro atoms. The zero-order valence-corrected chi connectivity index (χ0v) is 16.1. The largest absolute Gasteiger partial charge is 0.494 e. The monoisotopic (exact) mass is 359 g/mol. The second-order valence-corrected chi connectivity index (χ2v) is 5.84. The number of aryl methyl sites for hydroxylation is 1. The summed E-state index contributed by atoms with van der Waals surface area (Å²) in [5.74, 6) is 0.406. The van der Waals surface area contributed by atoms with E-state index in [0.29, 0.717) is 32.8 Å². The maximum absolute atomic E-state index is 12.1. The van der Waals surface area contributed by atoms with Crippen LogP contribution in [-0.2, 0) is 9.53 Å². The molecule has 6 heteroatoms. The molecule has 26 heavy (non-hydrogen) atoms. The highest BCUT2D eigenvalue weighted by molar-refractivity contribution is 5.97. The average molecular weight is 359 g/mol. The van der Waals surface area contributed by atoms with Crippen molar-refractivity contribution in [3.05, 3.63) is 41.1 Å². The standard InChI is InChI=1S/C20H29N3O3/c1-5-25-11-7-10-22-20(24)17(13-21)14-23-16(4)18-12-15(3)8-9-19(18)26-6-2/h8-9,12,14,16,23H,5-7,10-11H2,1-4H3,(H,22,24)/b17-14-. The Hall–Kier alpha value is -2.52. The van der Waals surface area contributed by atoms with Gasteiger partial charge in [-0.2, -0.15) is 5.26 Å². The average Bonchev–Trinajstić information content (AvgIpc) is 2.63. The smallest absolute Gasteiger partial charge is 0.263 e. The Bertz CT molecular complexity index is 650. The topological polar surface area (TPSA) is 83.4 Å². The predicted octanol–water partition coefficient (Wildman–Crippen LogP) is 2.99. The Morgan fingerprint density at radius 1 is 1.35 bits per heavy atom. The molecule has 0 saturated heterocycles. The number of hydrogen-bond donors (Lipinski definition) is 2. The molecule has 0 aromatic heterocycles. The molecule has 1 aromatic rings. The minimum atomic E-state index is -0.391. The van der Waals surface area contributed by atoms with Crippen LogP contribution in [0.1, 0.15) is 44.4 Å². The predicted molar refractivity (Wildman–Crippen MR) is 102 cm³/mol. The Balaban J connectivity index is 2.69. The second kappa shape index (κ2) is 11.9. The van der Waals surface area contributed by atoms with Crippen LogP contribution in [0.15, 0.2) is 30.0 Å². The SMILES string of the molecule is CCOCCCNC(=O)/C(C#N)=C\NC(C)c1cc(C)ccc1OCC. The van der Waals surface area contributed by atoms with Gasteiger partial charge in [-0.15, -0.1) is 0 Å². The van der Waals surface area contributed by atoms with Crippen molar-refractivity contribution in [3.8, 4) is 11.8 Å². The number of nitriles is 1. The van der Waals surface area contributed by atoms with Gasteiger partial charge < -0.3 is 20.1 Å². The maximum atomic E-state index is 12.1. The van der Waals surface area contributed by atoms with Gasteiger partial charge in [-0.3, -0.25) is 4.79 Å². The van der Waals surface area contributed by atoms with Gasteiger partial charge in [0.15, 0.2) is 0 Å². The molecule has 0 heterocycles. The second-order valence-electron chi connectivity index (χ2n) is 5.84. The van der Waals surface area contributed by atoms with E-state index in [2.05, 4.69) is 10.6 Å². The first kappa shape index (κ1) is 21.5. The molecule has 0 aliphatic heterocycles. The van der Waals surface area contributed by atoms with E-state index in [1.807, 2.05) is 52.0 Å². The van der Waals surface area contributed by atoms with Crippen LogP contribution in [0.3, 0.4) is 0 Å². The highest BCUT2D eigenvalue weighted by atomic mass is 16.5. The van der Waals surface area contributed by atoms with E-state index in [-0.39, 0.29) is 11.6 Å². The summed E-state index contributed by atoms with van der Waals surface area (Å²) in [5.41, 5.74) is 2.14. The van der Waals surface area contributed by atoms with Crippen LogP contribution in [0.5, 0.6) is 5.75 Å². The zero-order chi connectivity index (χ0) is 19.4. The quantitative estimate of drug-likeness (QED) is 0.360. The molecule has 0 saturated carbocycles. The van der Waals surface area contributed by atoms with Crippen LogP contribution in [0.2, 0.25) is 0 Å². The van der Waals surface area contributed by atoms with Gasteiger partial charge in [-0.25, -0.2) is 0 Å². The molecule has 0 aliphatic rings. The minimum Gasteiger partial charge on any atom is -0.494 e. The van der Waals surface area contributed by atoms with Crippen LogP contribution >= 0.6 is 0 Å². The van der Waals surface area contributed by atoms with Crippen molar-refractivity contribution in [2.24, 2.45) is 0 Å². The van der Waals surface area contributed by atoms with Crippen molar-refractivity contribution in [2.45, 2.75) is 40.2 Å². The van der Waals surface area contributed by atoms with Crippen LogP contribution in [0.25, 0.3) is 0 Å². The van der Waals surface area contributed by atoms with Crippen LogP contribution < -0.4 is 15.4 Å². The van der Waals surface area contributed by atoms with Crippen molar-refractivity contribution in [1.29, 1.82) is 5.26 Å². The van der Waals surface area contributed by atoms with Crippen LogP contribution in [0.4, 0.5) is 0 Å². The van der Waals surface area contributed by atoms with Crippen molar-refractivity contribution in [2.75, 3.05) is 26.4 Å². The third-order valence-electron chi connectivity index (χ3n) is 3.73. The maximum Gasteiger partial charge on any atom is 0.263 e. The summed E-state index contributed by atoms with van der Waals surface area (Å²) in [6, 6.07) is 7.80. The molecule has 0 aliphatic carbocycles. The summed E-state index contributed by atoms with van der Waals surface area (Å²) in [4.78, 5) is 12.1. The first-order chi connectivity index (χ1) is 12.5. The number of amides is 1. The number of nitrogens with zero attached hydrogens (tertiary/aromatic N) is 1. The fraction of sp³-hybridized carbons (Fsp3) is 0.500. The summed E-state index contributed by atoms with van der Waals surface area (Å²) < 4.78 is 10.9. The normalized spacial score (nSPS) is 12.2. The van der Waals surface area contributed by atoms with Gasteiger partial charge in [0.05, 0.1) is 12.6 Å². The van der Waals surface area contributed by atoms with E-state index in [1.54, 1.807) is 0 Å². The lowest BCUT2D eigenvalue weighted by Gasteiger charge is -2.18. The highest BCUT2D eigenvalue weighted by Crippen LogP contribution is 2.26. The summed E-state index contributed by atoms with van der Waals surface area (Å²) in [7, 11) is 0. The number of carbonyl (C=O) groups excluding carboxylic acids is 1. The van der Waals surface area contributed by atoms with E-state index in [9.17, 15) is 10.1 Å². The van der Waals surface area contributed by atoms with Gasteiger partial charge in [0.25, 0.3) is 5.91 Å². The number of hydrogen-bond acceptors (Lipinski definition) is 5. The van der Waals surface area contributed by atoms with Crippen LogP contribution in [-0.4, -0.2) is 32.3 Å². The zero-order valence-electron chi connectivity index (χ0n) is 16.1. The summed E-state index contributed by atoms with van der Waals surface area (Å²) >= 11 is 0. The van der Waals surface area contributed by atoms with Crippen molar-refractivity contribution in [1.82, 2.24) is 10.6 Å². The lowest BCUT2D eigenvalue weighted by Crippen LogP contribution is -2.27. The molecule has 2 N–H and O–H groups in total. The molecule has 1 amide bonds. The summed E-state index contributed by atoms with van der Waals surface area (Å²) in [5, 5.41) is 15.1. The molecule has 0 radical (unpaired) electrons. The van der Waals surface area contributed by atoms with E-state index in [1.165, 1.54) is 6.20 Å². The van der Waals surface area contributed by atoms with Gasteiger partial charge in [-0.05, 0) is 40.2 Å².